The zero-order chi connectivity index (χ0) is 18.4. The van der Waals surface area contributed by atoms with Gasteiger partial charge in [-0.1, -0.05) is 29.4 Å². The van der Waals surface area contributed by atoms with Crippen LogP contribution in [-0.4, -0.2) is 35.1 Å². The molecule has 0 radical (unpaired) electrons. The number of rotatable bonds is 6. The summed E-state index contributed by atoms with van der Waals surface area (Å²) in [6.07, 6.45) is 1.57. The maximum Gasteiger partial charge on any atom is 0.322 e. The monoisotopic (exact) mass is 342 g/mol. The summed E-state index contributed by atoms with van der Waals surface area (Å²) < 4.78 is 4.90. The molecule has 1 aromatic carbocycles. The van der Waals surface area contributed by atoms with E-state index in [1.165, 1.54) is 4.90 Å². The number of para-hydroxylation sites is 1. The number of amides is 3. The van der Waals surface area contributed by atoms with Crippen LogP contribution >= 0.6 is 0 Å². The number of aryl methyl sites for hydroxylation is 3. The van der Waals surface area contributed by atoms with Gasteiger partial charge in [-0.2, -0.15) is 0 Å². The predicted octanol–water partition coefficient (Wildman–Crippen LogP) is 3.26. The van der Waals surface area contributed by atoms with Crippen molar-refractivity contribution in [3.8, 4) is 0 Å². The van der Waals surface area contributed by atoms with E-state index in [1.807, 2.05) is 32.0 Å². The third-order valence-corrected chi connectivity index (χ3v) is 3.58. The van der Waals surface area contributed by atoms with E-state index >= 15 is 0 Å². The maximum absolute atomic E-state index is 12.6. The van der Waals surface area contributed by atoms with Crippen molar-refractivity contribution in [2.75, 3.05) is 23.7 Å². The number of aromatic nitrogens is 1. The van der Waals surface area contributed by atoms with Crippen LogP contribution in [0.3, 0.4) is 0 Å². The number of anilines is 2. The second kappa shape index (κ2) is 8.14. The molecule has 0 aliphatic carbocycles. The van der Waals surface area contributed by atoms with Crippen molar-refractivity contribution in [2.45, 2.75) is 20.8 Å². The fourth-order valence-corrected chi connectivity index (χ4v) is 2.35. The van der Waals surface area contributed by atoms with Crippen molar-refractivity contribution in [3.05, 3.63) is 53.8 Å². The number of urea groups is 1. The largest absolute Gasteiger partial charge is 0.360 e. The van der Waals surface area contributed by atoms with E-state index in [0.717, 1.165) is 16.8 Å². The Morgan fingerprint density at radius 1 is 1.24 bits per heavy atom. The van der Waals surface area contributed by atoms with Crippen molar-refractivity contribution in [3.63, 3.8) is 0 Å². The van der Waals surface area contributed by atoms with Gasteiger partial charge in [-0.15, -0.1) is 6.58 Å². The first-order valence-electron chi connectivity index (χ1n) is 7.87. The maximum atomic E-state index is 12.6. The van der Waals surface area contributed by atoms with Gasteiger partial charge in [-0.05, 0) is 31.9 Å². The lowest BCUT2D eigenvalue weighted by Crippen LogP contribution is -2.41. The number of carbonyl (C=O) groups excluding carboxylic acids is 2. The van der Waals surface area contributed by atoms with E-state index in [4.69, 9.17) is 4.52 Å². The predicted molar refractivity (Wildman–Crippen MR) is 96.6 cm³/mol. The Hall–Kier alpha value is -3.09. The second-order valence-electron chi connectivity index (χ2n) is 5.74. The Balaban J connectivity index is 2.04. The van der Waals surface area contributed by atoms with Crippen LogP contribution in [0, 0.1) is 20.8 Å². The van der Waals surface area contributed by atoms with Crippen molar-refractivity contribution < 1.29 is 14.1 Å². The van der Waals surface area contributed by atoms with Crippen molar-refractivity contribution in [2.24, 2.45) is 0 Å². The molecular formula is C18H22N4O3. The number of hydrogen-bond acceptors (Lipinski definition) is 4. The van der Waals surface area contributed by atoms with Crippen LogP contribution < -0.4 is 10.6 Å². The van der Waals surface area contributed by atoms with Gasteiger partial charge in [0, 0.05) is 18.3 Å². The fraction of sp³-hybridized carbons (Fsp3) is 0.278. The van der Waals surface area contributed by atoms with Crippen LogP contribution in [0.2, 0.25) is 0 Å². The van der Waals surface area contributed by atoms with Gasteiger partial charge in [0.2, 0.25) is 5.91 Å². The average Bonchev–Trinajstić information content (AvgIpc) is 2.95. The molecule has 0 bridgehead atoms. The molecule has 1 aromatic heterocycles. The third-order valence-electron chi connectivity index (χ3n) is 3.58. The first kappa shape index (κ1) is 18.3. The summed E-state index contributed by atoms with van der Waals surface area (Å²) in [4.78, 5) is 26.1. The third kappa shape index (κ3) is 4.94. The highest BCUT2D eigenvalue weighted by atomic mass is 16.5. The summed E-state index contributed by atoms with van der Waals surface area (Å²) in [6, 6.07) is 6.99. The van der Waals surface area contributed by atoms with Gasteiger partial charge < -0.3 is 20.1 Å². The molecule has 0 aliphatic heterocycles. The molecule has 0 unspecified atom stereocenters. The number of benzene rings is 1. The van der Waals surface area contributed by atoms with Crippen LogP contribution in [-0.2, 0) is 4.79 Å². The van der Waals surface area contributed by atoms with E-state index < -0.39 is 0 Å². The topological polar surface area (TPSA) is 87.5 Å². The Morgan fingerprint density at radius 3 is 2.48 bits per heavy atom. The normalized spacial score (nSPS) is 10.2. The molecule has 7 nitrogen and oxygen atoms in total. The van der Waals surface area contributed by atoms with Crippen molar-refractivity contribution in [1.29, 1.82) is 0 Å². The fourth-order valence-electron chi connectivity index (χ4n) is 2.35. The number of nitrogens with one attached hydrogen (secondary N) is 2. The Labute approximate surface area is 146 Å². The lowest BCUT2D eigenvalue weighted by molar-refractivity contribution is -0.116. The number of hydrogen-bond donors (Lipinski definition) is 2. The molecule has 0 aliphatic rings. The summed E-state index contributed by atoms with van der Waals surface area (Å²) in [5.74, 6) is 0.536. The Bertz CT molecular complexity index is 762. The SMILES string of the molecule is C=CCN(CC(=O)Nc1cc(C)on1)C(=O)Nc1c(C)cccc1C. The smallest absolute Gasteiger partial charge is 0.322 e. The zero-order valence-corrected chi connectivity index (χ0v) is 14.6. The molecule has 0 atom stereocenters. The van der Waals surface area contributed by atoms with Gasteiger partial charge in [-0.25, -0.2) is 4.79 Å². The van der Waals surface area contributed by atoms with Crippen LogP contribution in [0.1, 0.15) is 16.9 Å². The molecule has 0 spiro atoms. The summed E-state index contributed by atoms with van der Waals surface area (Å²) in [5, 5.41) is 9.15. The van der Waals surface area contributed by atoms with Gasteiger partial charge >= 0.3 is 6.03 Å². The second-order valence-corrected chi connectivity index (χ2v) is 5.74. The van der Waals surface area contributed by atoms with Crippen molar-refractivity contribution in [1.82, 2.24) is 10.1 Å². The molecule has 132 valence electrons. The Kier molecular flexibility index (Phi) is 5.94. The van der Waals surface area contributed by atoms with E-state index in [1.54, 1.807) is 19.1 Å². The first-order chi connectivity index (χ1) is 11.9. The van der Waals surface area contributed by atoms with Gasteiger partial charge in [0.15, 0.2) is 5.82 Å². The molecular weight excluding hydrogens is 320 g/mol. The zero-order valence-electron chi connectivity index (χ0n) is 14.6. The first-order valence-corrected chi connectivity index (χ1v) is 7.87. The number of nitrogens with zero attached hydrogens (tertiary/aromatic N) is 2. The molecule has 1 heterocycles. The Morgan fingerprint density at radius 2 is 1.92 bits per heavy atom. The molecule has 0 fully saturated rings. The summed E-state index contributed by atoms with van der Waals surface area (Å²) in [6.45, 7) is 9.31. The molecule has 25 heavy (non-hydrogen) atoms. The standard InChI is InChI=1S/C18H22N4O3/c1-5-9-22(11-16(23)19-15-10-14(4)25-21-15)18(24)20-17-12(2)7-6-8-13(17)3/h5-8,10H,1,9,11H2,2-4H3,(H,20,24)(H,19,21,23). The highest BCUT2D eigenvalue weighted by Gasteiger charge is 2.18. The molecule has 0 saturated heterocycles. The van der Waals surface area contributed by atoms with E-state index in [9.17, 15) is 9.59 Å². The average molecular weight is 342 g/mol. The summed E-state index contributed by atoms with van der Waals surface area (Å²) >= 11 is 0. The van der Waals surface area contributed by atoms with Gasteiger partial charge in [-0.3, -0.25) is 4.79 Å². The van der Waals surface area contributed by atoms with Crippen LogP contribution in [0.4, 0.5) is 16.3 Å². The summed E-state index contributed by atoms with van der Waals surface area (Å²) in [7, 11) is 0. The van der Waals surface area contributed by atoms with E-state index in [-0.39, 0.29) is 25.0 Å². The lowest BCUT2D eigenvalue weighted by atomic mass is 10.1. The van der Waals surface area contributed by atoms with E-state index in [2.05, 4.69) is 22.4 Å². The molecule has 7 heteroatoms. The summed E-state index contributed by atoms with van der Waals surface area (Å²) in [5.41, 5.74) is 2.65. The minimum absolute atomic E-state index is 0.130. The minimum atomic E-state index is -0.371. The van der Waals surface area contributed by atoms with Crippen LogP contribution in [0.25, 0.3) is 0 Å². The quantitative estimate of drug-likeness (QED) is 0.789. The van der Waals surface area contributed by atoms with E-state index in [0.29, 0.717) is 11.6 Å². The van der Waals surface area contributed by atoms with Gasteiger partial charge in [0.05, 0.1) is 0 Å². The van der Waals surface area contributed by atoms with Crippen molar-refractivity contribution >= 4 is 23.4 Å². The molecule has 2 aromatic rings. The highest BCUT2D eigenvalue weighted by molar-refractivity contribution is 5.97. The molecule has 0 saturated carbocycles. The molecule has 2 N–H and O–H groups in total. The van der Waals surface area contributed by atoms with Crippen LogP contribution in [0.15, 0.2) is 41.4 Å². The molecule has 3 amide bonds. The van der Waals surface area contributed by atoms with Gasteiger partial charge in [0.25, 0.3) is 0 Å². The lowest BCUT2D eigenvalue weighted by Gasteiger charge is -2.22. The minimum Gasteiger partial charge on any atom is -0.360 e. The molecule has 2 rings (SSSR count). The highest BCUT2D eigenvalue weighted by Crippen LogP contribution is 2.20. The van der Waals surface area contributed by atoms with Gasteiger partial charge in [0.1, 0.15) is 12.3 Å². The van der Waals surface area contributed by atoms with Crippen LogP contribution in [0.5, 0.6) is 0 Å². The number of carbonyl (C=O) groups is 2.